The van der Waals surface area contributed by atoms with Crippen LogP contribution in [0, 0.1) is 5.92 Å². The molecule has 0 aromatic heterocycles. The molecule has 1 aliphatic rings. The van der Waals surface area contributed by atoms with Crippen molar-refractivity contribution in [1.29, 1.82) is 0 Å². The predicted octanol–water partition coefficient (Wildman–Crippen LogP) is 2.26. The van der Waals surface area contributed by atoms with Crippen LogP contribution in [0.3, 0.4) is 0 Å². The number of rotatable bonds is 6. The molecule has 2 amide bonds. The summed E-state index contributed by atoms with van der Waals surface area (Å²) in [5, 5.41) is 3.63. The molecule has 0 spiro atoms. The van der Waals surface area contributed by atoms with E-state index in [4.69, 9.17) is 11.6 Å². The molecule has 1 aromatic carbocycles. The lowest BCUT2D eigenvalue weighted by Gasteiger charge is -2.31. The lowest BCUT2D eigenvalue weighted by Crippen LogP contribution is -2.43. The molecule has 24 heavy (non-hydrogen) atoms. The number of nitrogens with one attached hydrogen (secondary N) is 1. The lowest BCUT2D eigenvalue weighted by molar-refractivity contribution is -0.126. The van der Waals surface area contributed by atoms with E-state index in [2.05, 4.69) is 10.2 Å². The van der Waals surface area contributed by atoms with Crippen molar-refractivity contribution in [2.45, 2.75) is 19.3 Å². The van der Waals surface area contributed by atoms with Crippen LogP contribution in [0.15, 0.2) is 24.3 Å². The summed E-state index contributed by atoms with van der Waals surface area (Å²) in [5.74, 6) is 0.141. The van der Waals surface area contributed by atoms with E-state index in [1.807, 2.05) is 19.0 Å². The Hall–Kier alpha value is -1.59. The zero-order valence-corrected chi connectivity index (χ0v) is 15.2. The first-order chi connectivity index (χ1) is 11.5. The van der Waals surface area contributed by atoms with E-state index in [0.29, 0.717) is 30.2 Å². The molecule has 1 aromatic rings. The minimum Gasteiger partial charge on any atom is -0.356 e. The topological polar surface area (TPSA) is 52.7 Å². The summed E-state index contributed by atoms with van der Waals surface area (Å²) in [6.07, 6.45) is 2.39. The summed E-state index contributed by atoms with van der Waals surface area (Å²) in [7, 11) is 4.05. The number of likely N-dealkylation sites (tertiary alicyclic amines) is 1. The first-order valence-corrected chi connectivity index (χ1v) is 8.82. The van der Waals surface area contributed by atoms with E-state index in [9.17, 15) is 9.59 Å². The molecule has 132 valence electrons. The normalized spacial score (nSPS) is 15.6. The Labute approximate surface area is 149 Å². The number of carbonyl (C=O) groups is 2. The lowest BCUT2D eigenvalue weighted by atomic mass is 9.95. The molecule has 5 nitrogen and oxygen atoms in total. The molecular formula is C18H26ClN3O2. The first kappa shape index (κ1) is 18.7. The highest BCUT2D eigenvalue weighted by molar-refractivity contribution is 6.30. The maximum Gasteiger partial charge on any atom is 0.253 e. The summed E-state index contributed by atoms with van der Waals surface area (Å²) >= 11 is 5.85. The van der Waals surface area contributed by atoms with E-state index < -0.39 is 0 Å². The van der Waals surface area contributed by atoms with Gasteiger partial charge in [0, 0.05) is 36.1 Å². The van der Waals surface area contributed by atoms with Gasteiger partial charge in [0.25, 0.3) is 5.91 Å². The van der Waals surface area contributed by atoms with Gasteiger partial charge in [-0.05, 0) is 64.2 Å². The van der Waals surface area contributed by atoms with Crippen LogP contribution in [0.5, 0.6) is 0 Å². The van der Waals surface area contributed by atoms with Gasteiger partial charge in [0.1, 0.15) is 0 Å². The van der Waals surface area contributed by atoms with Crippen molar-refractivity contribution >= 4 is 23.4 Å². The van der Waals surface area contributed by atoms with E-state index in [1.54, 1.807) is 24.3 Å². The van der Waals surface area contributed by atoms with Gasteiger partial charge >= 0.3 is 0 Å². The molecule has 2 rings (SSSR count). The molecule has 6 heteroatoms. The summed E-state index contributed by atoms with van der Waals surface area (Å²) in [6.45, 7) is 2.92. The molecule has 0 unspecified atom stereocenters. The molecule has 0 radical (unpaired) electrons. The van der Waals surface area contributed by atoms with E-state index >= 15 is 0 Å². The fraction of sp³-hybridized carbons (Fsp3) is 0.556. The van der Waals surface area contributed by atoms with Crippen molar-refractivity contribution in [1.82, 2.24) is 15.1 Å². The Bertz CT molecular complexity index is 552. The van der Waals surface area contributed by atoms with Crippen LogP contribution in [-0.4, -0.2) is 61.9 Å². The fourth-order valence-electron chi connectivity index (χ4n) is 2.87. The second-order valence-electron chi connectivity index (χ2n) is 6.52. The molecule has 0 bridgehead atoms. The standard InChI is InChI=1S/C18H26ClN3O2/c1-21(2)11-3-10-20-17(23)14-8-12-22(13-9-14)18(24)15-4-6-16(19)7-5-15/h4-7,14H,3,8-13H2,1-2H3,(H,20,23). The van der Waals surface area contributed by atoms with Crippen LogP contribution in [0.2, 0.25) is 5.02 Å². The van der Waals surface area contributed by atoms with Gasteiger partial charge in [0.15, 0.2) is 0 Å². The number of hydrogen-bond donors (Lipinski definition) is 1. The number of amides is 2. The minimum atomic E-state index is 0.0107. The third kappa shape index (κ3) is 5.49. The second-order valence-corrected chi connectivity index (χ2v) is 6.96. The van der Waals surface area contributed by atoms with Gasteiger partial charge in [0.2, 0.25) is 5.91 Å². The molecule has 0 saturated carbocycles. The van der Waals surface area contributed by atoms with Crippen LogP contribution in [0.1, 0.15) is 29.6 Å². The minimum absolute atomic E-state index is 0.0107. The molecular weight excluding hydrogens is 326 g/mol. The Kier molecular flexibility index (Phi) is 7.06. The molecule has 1 aliphatic heterocycles. The van der Waals surface area contributed by atoms with Crippen molar-refractivity contribution in [3.8, 4) is 0 Å². The number of carbonyl (C=O) groups excluding carboxylic acids is 2. The number of halogens is 1. The molecule has 1 heterocycles. The summed E-state index contributed by atoms with van der Waals surface area (Å²) in [6, 6.07) is 6.94. The monoisotopic (exact) mass is 351 g/mol. The second kappa shape index (κ2) is 9.04. The first-order valence-electron chi connectivity index (χ1n) is 8.44. The highest BCUT2D eigenvalue weighted by atomic mass is 35.5. The molecule has 0 aliphatic carbocycles. The predicted molar refractivity (Wildman–Crippen MR) is 96.3 cm³/mol. The largest absolute Gasteiger partial charge is 0.356 e. The molecule has 1 fully saturated rings. The van der Waals surface area contributed by atoms with Crippen molar-refractivity contribution in [2.75, 3.05) is 40.3 Å². The van der Waals surface area contributed by atoms with Gasteiger partial charge in [-0.3, -0.25) is 9.59 Å². The van der Waals surface area contributed by atoms with Crippen LogP contribution in [-0.2, 0) is 4.79 Å². The van der Waals surface area contributed by atoms with Crippen LogP contribution < -0.4 is 5.32 Å². The quantitative estimate of drug-likeness (QED) is 0.800. The Morgan fingerprint density at radius 3 is 2.42 bits per heavy atom. The van der Waals surface area contributed by atoms with Crippen LogP contribution >= 0.6 is 11.6 Å². The summed E-state index contributed by atoms with van der Waals surface area (Å²) in [5.41, 5.74) is 0.644. The average Bonchev–Trinajstić information content (AvgIpc) is 2.58. The third-order valence-corrected chi connectivity index (χ3v) is 4.58. The molecule has 1 saturated heterocycles. The number of nitrogens with zero attached hydrogens (tertiary/aromatic N) is 2. The van der Waals surface area contributed by atoms with Crippen LogP contribution in [0.4, 0.5) is 0 Å². The zero-order valence-electron chi connectivity index (χ0n) is 14.4. The smallest absolute Gasteiger partial charge is 0.253 e. The molecule has 1 N–H and O–H groups in total. The summed E-state index contributed by atoms with van der Waals surface area (Å²) in [4.78, 5) is 28.5. The van der Waals surface area contributed by atoms with Crippen molar-refractivity contribution in [2.24, 2.45) is 5.92 Å². The van der Waals surface area contributed by atoms with Gasteiger partial charge in [-0.1, -0.05) is 11.6 Å². The van der Waals surface area contributed by atoms with Gasteiger partial charge in [-0.2, -0.15) is 0 Å². The van der Waals surface area contributed by atoms with E-state index in [-0.39, 0.29) is 17.7 Å². The van der Waals surface area contributed by atoms with Crippen molar-refractivity contribution in [3.63, 3.8) is 0 Å². The van der Waals surface area contributed by atoms with Crippen LogP contribution in [0.25, 0.3) is 0 Å². The van der Waals surface area contributed by atoms with E-state index in [1.165, 1.54) is 0 Å². The van der Waals surface area contributed by atoms with Gasteiger partial charge in [-0.25, -0.2) is 0 Å². The maximum absolute atomic E-state index is 12.4. The van der Waals surface area contributed by atoms with Gasteiger partial charge in [0.05, 0.1) is 0 Å². The van der Waals surface area contributed by atoms with Crippen molar-refractivity contribution < 1.29 is 9.59 Å². The average molecular weight is 352 g/mol. The Balaban J connectivity index is 1.75. The Morgan fingerprint density at radius 1 is 1.21 bits per heavy atom. The SMILES string of the molecule is CN(C)CCCNC(=O)C1CCN(C(=O)c2ccc(Cl)cc2)CC1. The fourth-order valence-corrected chi connectivity index (χ4v) is 3.00. The highest BCUT2D eigenvalue weighted by Gasteiger charge is 2.27. The molecule has 0 atom stereocenters. The van der Waals surface area contributed by atoms with Crippen molar-refractivity contribution in [3.05, 3.63) is 34.9 Å². The maximum atomic E-state index is 12.4. The number of piperidine rings is 1. The third-order valence-electron chi connectivity index (χ3n) is 4.33. The zero-order chi connectivity index (χ0) is 17.5. The Morgan fingerprint density at radius 2 is 1.83 bits per heavy atom. The summed E-state index contributed by atoms with van der Waals surface area (Å²) < 4.78 is 0. The highest BCUT2D eigenvalue weighted by Crippen LogP contribution is 2.20. The number of benzene rings is 1. The van der Waals surface area contributed by atoms with Gasteiger partial charge < -0.3 is 15.1 Å². The number of hydrogen-bond acceptors (Lipinski definition) is 3. The van der Waals surface area contributed by atoms with E-state index in [0.717, 1.165) is 25.8 Å². The van der Waals surface area contributed by atoms with Gasteiger partial charge in [-0.15, -0.1) is 0 Å².